The molecule has 102 valence electrons. The number of fused-ring (bicyclic) bond motifs is 1. The SMILES string of the molecule is CC(C)CC(C)Cn1nc(C(=O)O)c2ccccc21. The summed E-state index contributed by atoms with van der Waals surface area (Å²) in [6.07, 6.45) is 1.11. The Kier molecular flexibility index (Phi) is 3.88. The Balaban J connectivity index is 2.35. The number of carboxylic acids is 1. The minimum absolute atomic E-state index is 0.146. The van der Waals surface area contributed by atoms with E-state index in [1.165, 1.54) is 0 Å². The van der Waals surface area contributed by atoms with Crippen molar-refractivity contribution < 1.29 is 9.90 Å². The Morgan fingerprint density at radius 1 is 1.32 bits per heavy atom. The predicted octanol–water partition coefficient (Wildman–Crippen LogP) is 3.42. The number of nitrogens with zero attached hydrogens (tertiary/aromatic N) is 2. The third-order valence-electron chi connectivity index (χ3n) is 3.22. The van der Waals surface area contributed by atoms with Crippen LogP contribution < -0.4 is 0 Å². The summed E-state index contributed by atoms with van der Waals surface area (Å²) >= 11 is 0. The molecule has 4 heteroatoms. The van der Waals surface area contributed by atoms with E-state index in [0.717, 1.165) is 18.5 Å². The fourth-order valence-electron chi connectivity index (χ4n) is 2.60. The molecule has 4 nitrogen and oxygen atoms in total. The third kappa shape index (κ3) is 2.95. The molecule has 1 atom stereocenters. The molecule has 2 aromatic rings. The van der Waals surface area contributed by atoms with Crippen LogP contribution in [0.4, 0.5) is 0 Å². The highest BCUT2D eigenvalue weighted by atomic mass is 16.4. The number of aromatic nitrogens is 2. The van der Waals surface area contributed by atoms with E-state index < -0.39 is 5.97 Å². The third-order valence-corrected chi connectivity index (χ3v) is 3.22. The molecule has 0 saturated carbocycles. The monoisotopic (exact) mass is 260 g/mol. The molecule has 0 aliphatic carbocycles. The largest absolute Gasteiger partial charge is 0.476 e. The van der Waals surface area contributed by atoms with E-state index >= 15 is 0 Å². The van der Waals surface area contributed by atoms with Crippen molar-refractivity contribution >= 4 is 16.9 Å². The van der Waals surface area contributed by atoms with Gasteiger partial charge < -0.3 is 5.11 Å². The summed E-state index contributed by atoms with van der Waals surface area (Å²) in [4.78, 5) is 11.2. The van der Waals surface area contributed by atoms with Gasteiger partial charge in [0.15, 0.2) is 5.69 Å². The van der Waals surface area contributed by atoms with Crippen LogP contribution in [0.15, 0.2) is 24.3 Å². The first-order valence-electron chi connectivity index (χ1n) is 6.68. The van der Waals surface area contributed by atoms with Crippen LogP contribution in [0.3, 0.4) is 0 Å². The first-order chi connectivity index (χ1) is 8.99. The van der Waals surface area contributed by atoms with Crippen molar-refractivity contribution in [1.29, 1.82) is 0 Å². The van der Waals surface area contributed by atoms with Gasteiger partial charge in [0.05, 0.1) is 5.52 Å². The van der Waals surface area contributed by atoms with E-state index in [9.17, 15) is 9.90 Å². The molecule has 0 fully saturated rings. The Hall–Kier alpha value is -1.84. The standard InChI is InChI=1S/C15H20N2O2/c1-10(2)8-11(3)9-17-13-7-5-4-6-12(13)14(16-17)15(18)19/h4-7,10-11H,8-9H2,1-3H3,(H,18,19). The maximum atomic E-state index is 11.2. The van der Waals surface area contributed by atoms with Gasteiger partial charge in [0.2, 0.25) is 0 Å². The number of carbonyl (C=O) groups is 1. The number of benzene rings is 1. The van der Waals surface area contributed by atoms with Crippen molar-refractivity contribution in [3.63, 3.8) is 0 Å². The van der Waals surface area contributed by atoms with Crippen LogP contribution in [-0.4, -0.2) is 20.9 Å². The molecule has 1 N–H and O–H groups in total. The molecule has 0 amide bonds. The van der Waals surface area contributed by atoms with Crippen LogP contribution in [0, 0.1) is 11.8 Å². The molecular formula is C15H20N2O2. The fourth-order valence-corrected chi connectivity index (χ4v) is 2.60. The Morgan fingerprint density at radius 2 is 2.00 bits per heavy atom. The van der Waals surface area contributed by atoms with E-state index in [1.54, 1.807) is 0 Å². The number of rotatable bonds is 5. The first-order valence-corrected chi connectivity index (χ1v) is 6.68. The zero-order chi connectivity index (χ0) is 14.0. The number of aromatic carboxylic acids is 1. The van der Waals surface area contributed by atoms with E-state index in [0.29, 0.717) is 17.2 Å². The molecule has 0 spiro atoms. The van der Waals surface area contributed by atoms with Gasteiger partial charge in [-0.15, -0.1) is 0 Å². The van der Waals surface area contributed by atoms with Crippen LogP contribution in [0.5, 0.6) is 0 Å². The van der Waals surface area contributed by atoms with Crippen molar-refractivity contribution in [3.05, 3.63) is 30.0 Å². The van der Waals surface area contributed by atoms with Gasteiger partial charge in [-0.2, -0.15) is 5.10 Å². The van der Waals surface area contributed by atoms with E-state index in [2.05, 4.69) is 25.9 Å². The lowest BCUT2D eigenvalue weighted by Gasteiger charge is -2.14. The van der Waals surface area contributed by atoms with E-state index in [-0.39, 0.29) is 5.69 Å². The lowest BCUT2D eigenvalue weighted by Crippen LogP contribution is -2.12. The summed E-state index contributed by atoms with van der Waals surface area (Å²) in [5, 5.41) is 14.2. The van der Waals surface area contributed by atoms with Gasteiger partial charge in [-0.25, -0.2) is 4.79 Å². The lowest BCUT2D eigenvalue weighted by atomic mass is 9.99. The van der Waals surface area contributed by atoms with Gasteiger partial charge >= 0.3 is 5.97 Å². The Morgan fingerprint density at radius 3 is 2.63 bits per heavy atom. The summed E-state index contributed by atoms with van der Waals surface area (Å²) in [6, 6.07) is 7.50. The molecule has 19 heavy (non-hydrogen) atoms. The summed E-state index contributed by atoms with van der Waals surface area (Å²) in [7, 11) is 0. The van der Waals surface area contributed by atoms with Crippen LogP contribution in [0.1, 0.15) is 37.7 Å². The van der Waals surface area contributed by atoms with Gasteiger partial charge in [0.25, 0.3) is 0 Å². The van der Waals surface area contributed by atoms with Crippen molar-refractivity contribution in [2.45, 2.75) is 33.7 Å². The average molecular weight is 260 g/mol. The number of hydrogen-bond donors (Lipinski definition) is 1. The van der Waals surface area contributed by atoms with Crippen molar-refractivity contribution in [3.8, 4) is 0 Å². The highest BCUT2D eigenvalue weighted by Gasteiger charge is 2.17. The van der Waals surface area contributed by atoms with E-state index in [1.807, 2.05) is 28.9 Å². The molecule has 0 aliphatic heterocycles. The normalized spacial score (nSPS) is 13.1. The summed E-state index contributed by atoms with van der Waals surface area (Å²) < 4.78 is 1.83. The maximum Gasteiger partial charge on any atom is 0.357 e. The smallest absolute Gasteiger partial charge is 0.357 e. The Labute approximate surface area is 113 Å². The van der Waals surface area contributed by atoms with Gasteiger partial charge in [-0.1, -0.05) is 39.0 Å². The summed E-state index contributed by atoms with van der Waals surface area (Å²) in [6.45, 7) is 7.32. The fraction of sp³-hybridized carbons (Fsp3) is 0.467. The van der Waals surface area contributed by atoms with Crippen LogP contribution in [0.25, 0.3) is 10.9 Å². The van der Waals surface area contributed by atoms with Crippen molar-refractivity contribution in [2.75, 3.05) is 0 Å². The maximum absolute atomic E-state index is 11.2. The van der Waals surface area contributed by atoms with Gasteiger partial charge in [0, 0.05) is 11.9 Å². The second-order valence-electron chi connectivity index (χ2n) is 5.59. The zero-order valence-corrected chi connectivity index (χ0v) is 11.6. The molecule has 0 aliphatic rings. The lowest BCUT2D eigenvalue weighted by molar-refractivity contribution is 0.0691. The first kappa shape index (κ1) is 13.6. The molecule has 0 radical (unpaired) electrons. The number of para-hydroxylation sites is 1. The highest BCUT2D eigenvalue weighted by molar-refractivity contribution is 6.01. The molecule has 1 unspecified atom stereocenters. The van der Waals surface area contributed by atoms with E-state index in [4.69, 9.17) is 0 Å². The molecule has 1 aromatic carbocycles. The molecular weight excluding hydrogens is 240 g/mol. The van der Waals surface area contributed by atoms with Crippen LogP contribution in [0.2, 0.25) is 0 Å². The van der Waals surface area contributed by atoms with Gasteiger partial charge in [0.1, 0.15) is 0 Å². The topological polar surface area (TPSA) is 55.1 Å². The number of hydrogen-bond acceptors (Lipinski definition) is 2. The van der Waals surface area contributed by atoms with Crippen LogP contribution >= 0.6 is 0 Å². The molecule has 0 bridgehead atoms. The van der Waals surface area contributed by atoms with Crippen molar-refractivity contribution in [2.24, 2.45) is 11.8 Å². The second kappa shape index (κ2) is 5.43. The molecule has 1 aromatic heterocycles. The zero-order valence-electron chi connectivity index (χ0n) is 11.6. The average Bonchev–Trinajstić information content (AvgIpc) is 2.67. The highest BCUT2D eigenvalue weighted by Crippen LogP contribution is 2.21. The molecule has 0 saturated heterocycles. The van der Waals surface area contributed by atoms with Gasteiger partial charge in [-0.3, -0.25) is 4.68 Å². The number of carboxylic acid groups (broad SMARTS) is 1. The molecule has 1 heterocycles. The quantitative estimate of drug-likeness (QED) is 0.896. The Bertz CT molecular complexity index is 587. The minimum atomic E-state index is -0.966. The predicted molar refractivity (Wildman–Crippen MR) is 75.3 cm³/mol. The minimum Gasteiger partial charge on any atom is -0.476 e. The summed E-state index contributed by atoms with van der Waals surface area (Å²) in [5.74, 6) is 0.146. The van der Waals surface area contributed by atoms with Crippen molar-refractivity contribution in [1.82, 2.24) is 9.78 Å². The summed E-state index contributed by atoms with van der Waals surface area (Å²) in [5.41, 5.74) is 1.04. The molecule has 2 rings (SSSR count). The van der Waals surface area contributed by atoms with Gasteiger partial charge in [-0.05, 0) is 24.3 Å². The second-order valence-corrected chi connectivity index (χ2v) is 5.59. The van der Waals surface area contributed by atoms with Crippen LogP contribution in [-0.2, 0) is 6.54 Å².